The largest absolute Gasteiger partial charge is 0.490 e. The maximum absolute atomic E-state index is 14.4. The molecule has 1 spiro atoms. The zero-order valence-electron chi connectivity index (χ0n) is 19.7. The van der Waals surface area contributed by atoms with Crippen LogP contribution in [0.4, 0.5) is 10.1 Å². The number of benzene rings is 2. The molecule has 2 aromatic carbocycles. The van der Waals surface area contributed by atoms with Crippen LogP contribution in [-0.4, -0.2) is 51.5 Å². The third kappa shape index (κ3) is 3.85. The summed E-state index contributed by atoms with van der Waals surface area (Å²) in [5.74, 6) is 0.465. The number of fused-ring (bicyclic) bond motifs is 2. The molecule has 1 N–H and O–H groups in total. The highest BCUT2D eigenvalue weighted by Gasteiger charge is 2.53. The molecule has 0 unspecified atom stereocenters. The molecule has 2 aliphatic rings. The van der Waals surface area contributed by atoms with Gasteiger partial charge in [-0.1, -0.05) is 11.6 Å². The van der Waals surface area contributed by atoms with Crippen LogP contribution in [0.25, 0.3) is 21.7 Å². The highest BCUT2D eigenvalue weighted by Crippen LogP contribution is 2.50. The number of pyridine rings is 1. The number of aromatic nitrogens is 3. The summed E-state index contributed by atoms with van der Waals surface area (Å²) in [4.78, 5) is 14.9. The van der Waals surface area contributed by atoms with Gasteiger partial charge < -0.3 is 19.5 Å². The minimum Gasteiger partial charge on any atom is -0.490 e. The zero-order valence-corrected chi connectivity index (χ0v) is 20.5. The second-order valence-electron chi connectivity index (χ2n) is 10.0. The lowest BCUT2D eigenvalue weighted by Gasteiger charge is -2.58. The summed E-state index contributed by atoms with van der Waals surface area (Å²) < 4.78 is 23.9. The first-order valence-electron chi connectivity index (χ1n) is 11.8. The van der Waals surface area contributed by atoms with E-state index in [0.29, 0.717) is 28.1 Å². The van der Waals surface area contributed by atoms with E-state index in [-0.39, 0.29) is 17.5 Å². The Kier molecular flexibility index (Phi) is 5.27. The van der Waals surface area contributed by atoms with Gasteiger partial charge in [0, 0.05) is 62.7 Å². The SMILES string of the molecule is Cn1ccc2c(OC3CC4(C3)CN(CCNc3cc5c(cnn5C)cc3F)C4)ccc(Cl)c2c1=O. The Hall–Kier alpha value is -3.10. The Bertz CT molecular complexity index is 1500. The summed E-state index contributed by atoms with van der Waals surface area (Å²) in [6.45, 7) is 3.60. The maximum atomic E-state index is 14.4. The van der Waals surface area contributed by atoms with Crippen molar-refractivity contribution in [3.63, 3.8) is 0 Å². The van der Waals surface area contributed by atoms with Gasteiger partial charge in [0.05, 0.1) is 33.9 Å². The molecule has 6 rings (SSSR count). The molecule has 9 heteroatoms. The molecule has 2 aromatic heterocycles. The van der Waals surface area contributed by atoms with Gasteiger partial charge in [-0.2, -0.15) is 5.10 Å². The smallest absolute Gasteiger partial charge is 0.259 e. The molecule has 0 radical (unpaired) electrons. The molecule has 1 aliphatic carbocycles. The minimum atomic E-state index is -0.253. The number of hydrogen-bond acceptors (Lipinski definition) is 5. The van der Waals surface area contributed by atoms with Gasteiger partial charge in [0.1, 0.15) is 11.6 Å². The van der Waals surface area contributed by atoms with Crippen molar-refractivity contribution in [3.8, 4) is 5.75 Å². The van der Waals surface area contributed by atoms with E-state index in [0.717, 1.165) is 54.5 Å². The number of rotatable bonds is 6. The number of halogens is 2. The molecule has 35 heavy (non-hydrogen) atoms. The molecule has 0 amide bonds. The Morgan fingerprint density at radius 2 is 2.03 bits per heavy atom. The lowest BCUT2D eigenvalue weighted by atomic mass is 9.62. The van der Waals surface area contributed by atoms with E-state index in [9.17, 15) is 9.18 Å². The van der Waals surface area contributed by atoms with Crippen LogP contribution in [0.2, 0.25) is 5.02 Å². The normalized spacial score (nSPS) is 17.6. The highest BCUT2D eigenvalue weighted by molar-refractivity contribution is 6.35. The Balaban J connectivity index is 1.01. The monoisotopic (exact) mass is 495 g/mol. The number of ether oxygens (including phenoxy) is 1. The summed E-state index contributed by atoms with van der Waals surface area (Å²) in [7, 11) is 3.57. The molecular formula is C26H27ClFN5O2. The first-order chi connectivity index (χ1) is 16.8. The van der Waals surface area contributed by atoms with Gasteiger partial charge >= 0.3 is 0 Å². The van der Waals surface area contributed by atoms with Gasteiger partial charge in [0.2, 0.25) is 0 Å². The molecule has 2 fully saturated rings. The van der Waals surface area contributed by atoms with Crippen molar-refractivity contribution in [2.45, 2.75) is 18.9 Å². The number of nitrogens with one attached hydrogen (secondary N) is 1. The lowest BCUT2D eigenvalue weighted by Crippen LogP contribution is -2.65. The van der Waals surface area contributed by atoms with Crippen molar-refractivity contribution in [2.24, 2.45) is 19.5 Å². The van der Waals surface area contributed by atoms with Gasteiger partial charge in [-0.25, -0.2) is 4.39 Å². The fourth-order valence-electron chi connectivity index (χ4n) is 5.63. The Morgan fingerprint density at radius 1 is 1.23 bits per heavy atom. The van der Waals surface area contributed by atoms with Crippen LogP contribution >= 0.6 is 11.6 Å². The fraction of sp³-hybridized carbons (Fsp3) is 0.385. The number of nitrogens with zero attached hydrogens (tertiary/aromatic N) is 4. The Labute approximate surface area is 207 Å². The van der Waals surface area contributed by atoms with E-state index in [1.54, 1.807) is 30.2 Å². The first-order valence-corrected chi connectivity index (χ1v) is 12.2. The average Bonchev–Trinajstić information content (AvgIpc) is 3.13. The van der Waals surface area contributed by atoms with Gasteiger partial charge in [-0.15, -0.1) is 0 Å². The van der Waals surface area contributed by atoms with Crippen molar-refractivity contribution in [2.75, 3.05) is 31.5 Å². The minimum absolute atomic E-state index is 0.119. The fourth-order valence-corrected chi connectivity index (χ4v) is 5.88. The van der Waals surface area contributed by atoms with Crippen molar-refractivity contribution in [3.05, 3.63) is 63.9 Å². The maximum Gasteiger partial charge on any atom is 0.259 e. The van der Waals surface area contributed by atoms with E-state index < -0.39 is 0 Å². The highest BCUT2D eigenvalue weighted by atomic mass is 35.5. The van der Waals surface area contributed by atoms with Crippen molar-refractivity contribution < 1.29 is 9.13 Å². The molecule has 1 saturated heterocycles. The zero-order chi connectivity index (χ0) is 24.3. The number of likely N-dealkylation sites (tertiary alicyclic amines) is 1. The standard InChI is InChI=1S/C26H27ClFN5O2/c1-31-7-5-18-23(4-3-19(27)24(18)25(31)34)35-17-11-26(12-17)14-33(15-26)8-6-29-21-10-22-16(9-20(21)28)13-30-32(22)2/h3-5,7,9-10,13,17,29H,6,8,11-12,14-15H2,1-2H3. The van der Waals surface area contributed by atoms with Crippen molar-refractivity contribution in [1.29, 1.82) is 0 Å². The van der Waals surface area contributed by atoms with Crippen molar-refractivity contribution >= 4 is 39.0 Å². The van der Waals surface area contributed by atoms with Gasteiger partial charge in [0.25, 0.3) is 5.56 Å². The van der Waals surface area contributed by atoms with Crippen LogP contribution in [0, 0.1) is 11.2 Å². The molecule has 0 atom stereocenters. The van der Waals surface area contributed by atoms with Gasteiger partial charge in [0.15, 0.2) is 0 Å². The Morgan fingerprint density at radius 3 is 2.83 bits per heavy atom. The van der Waals surface area contributed by atoms with Crippen LogP contribution in [0.15, 0.2) is 47.5 Å². The number of aryl methyl sites for hydroxylation is 2. The lowest BCUT2D eigenvalue weighted by molar-refractivity contribution is -0.117. The first kappa shape index (κ1) is 22.4. The van der Waals surface area contributed by atoms with E-state index in [4.69, 9.17) is 16.3 Å². The molecule has 3 heterocycles. The van der Waals surface area contributed by atoms with Gasteiger partial charge in [-0.05, 0) is 43.2 Å². The number of anilines is 1. The van der Waals surface area contributed by atoms with Crippen LogP contribution in [0.3, 0.4) is 0 Å². The van der Waals surface area contributed by atoms with Crippen LogP contribution in [-0.2, 0) is 14.1 Å². The third-order valence-electron chi connectivity index (χ3n) is 7.47. The second-order valence-corrected chi connectivity index (χ2v) is 10.4. The molecule has 1 aliphatic heterocycles. The quantitative estimate of drug-likeness (QED) is 0.435. The molecular weight excluding hydrogens is 469 g/mol. The predicted octanol–water partition coefficient (Wildman–Crippen LogP) is 4.17. The van der Waals surface area contributed by atoms with E-state index in [1.165, 1.54) is 10.6 Å². The van der Waals surface area contributed by atoms with Crippen LogP contribution in [0.5, 0.6) is 5.75 Å². The molecule has 1 saturated carbocycles. The second kappa shape index (κ2) is 8.24. The molecule has 4 aromatic rings. The summed E-state index contributed by atoms with van der Waals surface area (Å²) in [5.41, 5.74) is 1.61. The van der Waals surface area contributed by atoms with E-state index in [2.05, 4.69) is 15.3 Å². The topological polar surface area (TPSA) is 64.3 Å². The van der Waals surface area contributed by atoms with Crippen LogP contribution < -0.4 is 15.6 Å². The van der Waals surface area contributed by atoms with Crippen LogP contribution in [0.1, 0.15) is 12.8 Å². The summed E-state index contributed by atoms with van der Waals surface area (Å²) in [6, 6.07) is 8.83. The summed E-state index contributed by atoms with van der Waals surface area (Å²) in [6.07, 6.45) is 5.56. The molecule has 182 valence electrons. The average molecular weight is 496 g/mol. The molecule has 7 nitrogen and oxygen atoms in total. The molecule has 0 bridgehead atoms. The summed E-state index contributed by atoms with van der Waals surface area (Å²) >= 11 is 6.30. The number of hydrogen-bond donors (Lipinski definition) is 1. The third-order valence-corrected chi connectivity index (χ3v) is 7.78. The van der Waals surface area contributed by atoms with Crippen molar-refractivity contribution in [1.82, 2.24) is 19.2 Å². The van der Waals surface area contributed by atoms with E-state index >= 15 is 0 Å². The van der Waals surface area contributed by atoms with E-state index in [1.807, 2.05) is 25.2 Å². The summed E-state index contributed by atoms with van der Waals surface area (Å²) in [5, 5.41) is 9.93. The predicted molar refractivity (Wildman–Crippen MR) is 136 cm³/mol. The van der Waals surface area contributed by atoms with Gasteiger partial charge in [-0.3, -0.25) is 9.48 Å².